The maximum absolute atomic E-state index is 14.2. The molecule has 0 radical (unpaired) electrons. The summed E-state index contributed by atoms with van der Waals surface area (Å²) < 4.78 is 6.79. The highest BCUT2D eigenvalue weighted by molar-refractivity contribution is 6.30. The lowest BCUT2D eigenvalue weighted by atomic mass is 9.83. The molecule has 3 aromatic rings. The predicted molar refractivity (Wildman–Crippen MR) is 143 cm³/mol. The van der Waals surface area contributed by atoms with Crippen LogP contribution < -0.4 is 0 Å². The van der Waals surface area contributed by atoms with Gasteiger partial charge in [-0.1, -0.05) is 61.3 Å². The van der Waals surface area contributed by atoms with E-state index in [-0.39, 0.29) is 37.7 Å². The van der Waals surface area contributed by atoms with Crippen LogP contribution in [0.3, 0.4) is 0 Å². The Balaban J connectivity index is 1.70. The Morgan fingerprint density at radius 1 is 1.03 bits per heavy atom. The molecule has 2 aliphatic rings. The first-order chi connectivity index (χ1) is 17.6. The van der Waals surface area contributed by atoms with Gasteiger partial charge in [0.25, 0.3) is 5.91 Å². The van der Waals surface area contributed by atoms with Crippen LogP contribution >= 0.6 is 23.2 Å². The summed E-state index contributed by atoms with van der Waals surface area (Å²) in [5.74, 6) is -0.203. The fourth-order valence-corrected chi connectivity index (χ4v) is 5.05. The molecule has 194 valence electrons. The van der Waals surface area contributed by atoms with Crippen molar-refractivity contribution in [3.63, 3.8) is 0 Å². The van der Waals surface area contributed by atoms with E-state index in [0.29, 0.717) is 26.9 Å². The topological polar surface area (TPSA) is 82.9 Å². The minimum atomic E-state index is -1.26. The molecule has 0 bridgehead atoms. The molecule has 0 unspecified atom stereocenters. The van der Waals surface area contributed by atoms with Gasteiger partial charge >= 0.3 is 0 Å². The first-order valence-corrected chi connectivity index (χ1v) is 13.1. The molecule has 1 fully saturated rings. The van der Waals surface area contributed by atoms with E-state index < -0.39 is 11.1 Å². The van der Waals surface area contributed by atoms with Crippen LogP contribution in [0.5, 0.6) is 0 Å². The monoisotopic (exact) mass is 540 g/mol. The van der Waals surface area contributed by atoms with Crippen LogP contribution in [-0.2, 0) is 22.4 Å². The first-order valence-electron chi connectivity index (χ1n) is 12.3. The van der Waals surface area contributed by atoms with Crippen molar-refractivity contribution in [2.45, 2.75) is 44.4 Å². The van der Waals surface area contributed by atoms with Crippen molar-refractivity contribution in [1.82, 2.24) is 9.88 Å². The number of ether oxygens (including phenoxy) is 1. The van der Waals surface area contributed by atoms with Crippen LogP contribution in [0.25, 0.3) is 0 Å². The fourth-order valence-electron chi connectivity index (χ4n) is 4.82. The summed E-state index contributed by atoms with van der Waals surface area (Å²) in [7, 11) is 0. The van der Waals surface area contributed by atoms with Crippen LogP contribution in [0, 0.1) is 5.41 Å². The van der Waals surface area contributed by atoms with Gasteiger partial charge in [0.2, 0.25) is 0 Å². The number of benzene rings is 2. The van der Waals surface area contributed by atoms with Crippen molar-refractivity contribution in [1.29, 1.82) is 0 Å². The SMILES string of the molecule is CC(C)(CO)c1ccc2c(c1)C(=O)N(Cc1ccc(Cl)cn1)[C@@]2(OCC1(CO)CC1)c1ccc(Cl)cc1. The molecular weight excluding hydrogens is 511 g/mol. The highest BCUT2D eigenvalue weighted by Gasteiger charge is 2.55. The molecule has 1 aliphatic carbocycles. The average Bonchev–Trinajstić information content (AvgIpc) is 3.65. The summed E-state index contributed by atoms with van der Waals surface area (Å²) in [6, 6.07) is 16.6. The Labute approximate surface area is 226 Å². The van der Waals surface area contributed by atoms with E-state index in [0.717, 1.165) is 24.0 Å². The molecule has 6 nitrogen and oxygen atoms in total. The minimum absolute atomic E-state index is 0.0207. The van der Waals surface area contributed by atoms with Crippen LogP contribution in [-0.4, -0.2) is 45.8 Å². The van der Waals surface area contributed by atoms with Crippen LogP contribution in [0.15, 0.2) is 60.8 Å². The number of rotatable bonds is 9. The Bertz CT molecular complexity index is 1310. The zero-order chi connectivity index (χ0) is 26.4. The lowest BCUT2D eigenvalue weighted by molar-refractivity contribution is -0.129. The average molecular weight is 541 g/mol. The highest BCUT2D eigenvalue weighted by atomic mass is 35.5. The molecule has 0 saturated heterocycles. The van der Waals surface area contributed by atoms with Gasteiger partial charge in [-0.05, 0) is 48.7 Å². The number of aromatic nitrogens is 1. The molecular formula is C29H30Cl2N2O4. The second-order valence-electron chi connectivity index (χ2n) is 10.8. The number of pyridine rings is 1. The second kappa shape index (κ2) is 9.68. The molecule has 1 saturated carbocycles. The molecule has 37 heavy (non-hydrogen) atoms. The van der Waals surface area contributed by atoms with Gasteiger partial charge in [-0.2, -0.15) is 0 Å². The summed E-state index contributed by atoms with van der Waals surface area (Å²) in [6.07, 6.45) is 3.29. The number of hydrogen-bond acceptors (Lipinski definition) is 5. The van der Waals surface area contributed by atoms with Crippen molar-refractivity contribution in [2.24, 2.45) is 5.41 Å². The summed E-state index contributed by atoms with van der Waals surface area (Å²) >= 11 is 12.3. The Morgan fingerprint density at radius 3 is 2.32 bits per heavy atom. The minimum Gasteiger partial charge on any atom is -0.396 e. The maximum atomic E-state index is 14.2. The van der Waals surface area contributed by atoms with Gasteiger partial charge in [0.05, 0.1) is 37.1 Å². The van der Waals surface area contributed by atoms with Gasteiger partial charge in [0.15, 0.2) is 5.72 Å². The van der Waals surface area contributed by atoms with E-state index in [2.05, 4.69) is 4.98 Å². The zero-order valence-corrected chi connectivity index (χ0v) is 22.4. The van der Waals surface area contributed by atoms with E-state index in [4.69, 9.17) is 27.9 Å². The third-order valence-electron chi connectivity index (χ3n) is 7.64. The molecule has 0 spiro atoms. The van der Waals surface area contributed by atoms with Gasteiger partial charge in [-0.3, -0.25) is 14.7 Å². The fraction of sp³-hybridized carbons (Fsp3) is 0.379. The summed E-state index contributed by atoms with van der Waals surface area (Å²) in [6.45, 7) is 4.30. The van der Waals surface area contributed by atoms with Gasteiger partial charge in [-0.15, -0.1) is 0 Å². The largest absolute Gasteiger partial charge is 0.396 e. The summed E-state index contributed by atoms with van der Waals surface area (Å²) in [5.41, 5.74) is 1.38. The predicted octanol–water partition coefficient (Wildman–Crippen LogP) is 5.30. The summed E-state index contributed by atoms with van der Waals surface area (Å²) in [5, 5.41) is 21.1. The van der Waals surface area contributed by atoms with Gasteiger partial charge < -0.3 is 14.9 Å². The van der Waals surface area contributed by atoms with Gasteiger partial charge in [-0.25, -0.2) is 0 Å². The number of aliphatic hydroxyl groups excluding tert-OH is 2. The third kappa shape index (κ3) is 4.66. The third-order valence-corrected chi connectivity index (χ3v) is 8.12. The zero-order valence-electron chi connectivity index (χ0n) is 20.9. The van der Waals surface area contributed by atoms with Crippen LogP contribution in [0.4, 0.5) is 0 Å². The first kappa shape index (κ1) is 26.1. The number of halogens is 2. The number of nitrogens with zero attached hydrogens (tertiary/aromatic N) is 2. The van der Waals surface area contributed by atoms with Crippen molar-refractivity contribution >= 4 is 29.1 Å². The number of aliphatic hydroxyl groups is 2. The molecule has 5 rings (SSSR count). The number of carbonyl (C=O) groups is 1. The number of fused-ring (bicyclic) bond motifs is 1. The molecule has 1 aliphatic heterocycles. The van der Waals surface area contributed by atoms with E-state index in [1.54, 1.807) is 35.4 Å². The molecule has 2 N–H and O–H groups in total. The standard InChI is InChI=1S/C29H30Cl2N2O4/c1-27(2,16-34)20-5-10-25-24(13-20)26(36)33(15-23-9-8-22(31)14-32-23)29(25,19-3-6-21(30)7-4-19)37-18-28(17-35)11-12-28/h3-10,13-14,34-35H,11-12,15-18H2,1-2H3/t29-/m1/s1. The molecule has 1 amide bonds. The van der Waals surface area contributed by atoms with Crippen molar-refractivity contribution in [2.75, 3.05) is 19.8 Å². The maximum Gasteiger partial charge on any atom is 0.257 e. The number of amides is 1. The Morgan fingerprint density at radius 2 is 1.73 bits per heavy atom. The van der Waals surface area contributed by atoms with Gasteiger partial charge in [0.1, 0.15) is 0 Å². The van der Waals surface area contributed by atoms with Crippen molar-refractivity contribution < 1.29 is 19.7 Å². The molecule has 8 heteroatoms. The van der Waals surface area contributed by atoms with Crippen molar-refractivity contribution in [3.05, 3.63) is 98.8 Å². The smallest absolute Gasteiger partial charge is 0.257 e. The molecule has 1 aromatic heterocycles. The molecule has 2 aromatic carbocycles. The molecule has 1 atom stereocenters. The number of hydrogen-bond donors (Lipinski definition) is 2. The van der Waals surface area contributed by atoms with Crippen LogP contribution in [0.1, 0.15) is 59.4 Å². The lowest BCUT2D eigenvalue weighted by Crippen LogP contribution is -2.47. The van der Waals surface area contributed by atoms with Crippen molar-refractivity contribution in [3.8, 4) is 0 Å². The van der Waals surface area contributed by atoms with E-state index in [9.17, 15) is 15.0 Å². The lowest BCUT2D eigenvalue weighted by Gasteiger charge is -2.40. The Hall–Kier alpha value is -2.48. The summed E-state index contributed by atoms with van der Waals surface area (Å²) in [4.78, 5) is 20.3. The molecule has 2 heterocycles. The number of carbonyl (C=O) groups excluding carboxylic acids is 1. The van der Waals surface area contributed by atoms with E-state index >= 15 is 0 Å². The normalized spacial score (nSPS) is 20.3. The van der Waals surface area contributed by atoms with Crippen LogP contribution in [0.2, 0.25) is 10.0 Å². The highest BCUT2D eigenvalue weighted by Crippen LogP contribution is 2.51. The second-order valence-corrected chi connectivity index (χ2v) is 11.6. The Kier molecular flexibility index (Phi) is 6.84. The van der Waals surface area contributed by atoms with E-state index in [1.165, 1.54) is 0 Å². The quantitative estimate of drug-likeness (QED) is 0.384. The van der Waals surface area contributed by atoms with E-state index in [1.807, 2.05) is 44.2 Å². The van der Waals surface area contributed by atoms with Gasteiger partial charge in [0, 0.05) is 38.7 Å².